The van der Waals surface area contributed by atoms with E-state index in [1.54, 1.807) is 12.3 Å². The highest BCUT2D eigenvalue weighted by Gasteiger charge is 2.06. The molecule has 80 valence electrons. The second kappa shape index (κ2) is 5.74. The minimum atomic E-state index is -0.382. The second-order valence-corrected chi connectivity index (χ2v) is 2.99. The number of nitrogens with zero attached hydrogens (tertiary/aromatic N) is 2. The lowest BCUT2D eigenvalue weighted by Gasteiger charge is -1.99. The van der Waals surface area contributed by atoms with Crippen LogP contribution in [0, 0.1) is 5.21 Å². The summed E-state index contributed by atoms with van der Waals surface area (Å²) in [6.45, 7) is 2.02. The van der Waals surface area contributed by atoms with Crippen LogP contribution in [0.1, 0.15) is 30.1 Å². The van der Waals surface area contributed by atoms with Gasteiger partial charge in [-0.3, -0.25) is 4.79 Å². The highest BCUT2D eigenvalue weighted by atomic mass is 16.5. The van der Waals surface area contributed by atoms with E-state index in [9.17, 15) is 10.0 Å². The average molecular weight is 207 g/mol. The van der Waals surface area contributed by atoms with Gasteiger partial charge < -0.3 is 5.21 Å². The van der Waals surface area contributed by atoms with Crippen molar-refractivity contribution < 1.29 is 9.52 Å². The summed E-state index contributed by atoms with van der Waals surface area (Å²) in [6.07, 6.45) is 5.94. The zero-order chi connectivity index (χ0) is 11.1. The van der Waals surface area contributed by atoms with Crippen LogP contribution in [0.15, 0.2) is 29.6 Å². The van der Waals surface area contributed by atoms with Crippen molar-refractivity contribution in [1.82, 2.24) is 5.43 Å². The van der Waals surface area contributed by atoms with Gasteiger partial charge in [-0.05, 0) is 12.5 Å². The van der Waals surface area contributed by atoms with Gasteiger partial charge in [-0.2, -0.15) is 9.83 Å². The van der Waals surface area contributed by atoms with Crippen molar-refractivity contribution in [3.8, 4) is 0 Å². The smallest absolute Gasteiger partial charge is 0.277 e. The molecule has 15 heavy (non-hydrogen) atoms. The molecule has 0 aromatic carbocycles. The maximum Gasteiger partial charge on any atom is 0.277 e. The number of carbonyl (C=O) groups excluding carboxylic acids is 1. The number of hydrogen-bond donors (Lipinski definition) is 1. The normalized spacial score (nSPS) is 10.5. The summed E-state index contributed by atoms with van der Waals surface area (Å²) >= 11 is 0. The first-order chi connectivity index (χ1) is 7.24. The Bertz CT molecular complexity index is 363. The van der Waals surface area contributed by atoms with E-state index in [1.165, 1.54) is 18.5 Å². The third-order valence-corrected chi connectivity index (χ3v) is 1.71. The lowest BCUT2D eigenvalue weighted by Crippen LogP contribution is -2.28. The molecule has 0 bridgehead atoms. The van der Waals surface area contributed by atoms with Crippen molar-refractivity contribution in [2.75, 3.05) is 0 Å². The molecule has 1 aromatic heterocycles. The molecule has 5 heteroatoms. The molecule has 0 fully saturated rings. The van der Waals surface area contributed by atoms with Crippen LogP contribution < -0.4 is 10.2 Å². The zero-order valence-corrected chi connectivity index (χ0v) is 8.51. The van der Waals surface area contributed by atoms with Crippen LogP contribution >= 0.6 is 0 Å². The fourth-order valence-electron chi connectivity index (χ4n) is 0.951. The quantitative estimate of drug-likeness (QED) is 0.344. The molecule has 0 saturated heterocycles. The Labute approximate surface area is 88.0 Å². The molecule has 0 aliphatic rings. The number of carbonyl (C=O) groups is 1. The first kappa shape index (κ1) is 11.2. The lowest BCUT2D eigenvalue weighted by molar-refractivity contribution is -0.605. The van der Waals surface area contributed by atoms with E-state index in [-0.39, 0.29) is 5.91 Å². The molecule has 0 radical (unpaired) electrons. The minimum absolute atomic E-state index is 0.293. The Balaban J connectivity index is 2.54. The van der Waals surface area contributed by atoms with Crippen molar-refractivity contribution in [3.05, 3.63) is 35.3 Å². The van der Waals surface area contributed by atoms with Crippen molar-refractivity contribution in [2.45, 2.75) is 19.8 Å². The van der Waals surface area contributed by atoms with Crippen LogP contribution in [-0.2, 0) is 0 Å². The molecule has 0 aliphatic heterocycles. The maximum atomic E-state index is 11.4. The van der Waals surface area contributed by atoms with Gasteiger partial charge in [-0.1, -0.05) is 13.3 Å². The van der Waals surface area contributed by atoms with E-state index in [4.69, 9.17) is 0 Å². The Kier molecular flexibility index (Phi) is 4.28. The Morgan fingerprint density at radius 2 is 2.53 bits per heavy atom. The van der Waals surface area contributed by atoms with Crippen molar-refractivity contribution in [3.63, 3.8) is 0 Å². The number of amides is 1. The number of hydrazone groups is 1. The first-order valence-corrected chi connectivity index (χ1v) is 4.74. The van der Waals surface area contributed by atoms with E-state index in [0.717, 1.165) is 12.8 Å². The molecule has 1 rings (SSSR count). The highest BCUT2D eigenvalue weighted by molar-refractivity contribution is 5.93. The van der Waals surface area contributed by atoms with Crippen LogP contribution in [0.2, 0.25) is 0 Å². The maximum absolute atomic E-state index is 11.4. The summed E-state index contributed by atoms with van der Waals surface area (Å²) in [4.78, 5) is 11.4. The Morgan fingerprint density at radius 1 is 1.73 bits per heavy atom. The van der Waals surface area contributed by atoms with E-state index < -0.39 is 0 Å². The third kappa shape index (κ3) is 3.76. The molecule has 1 N–H and O–H groups in total. The summed E-state index contributed by atoms with van der Waals surface area (Å²) in [7, 11) is 0. The van der Waals surface area contributed by atoms with Crippen molar-refractivity contribution in [2.24, 2.45) is 5.10 Å². The predicted molar refractivity (Wildman–Crippen MR) is 56.3 cm³/mol. The van der Waals surface area contributed by atoms with Gasteiger partial charge in [-0.15, -0.1) is 0 Å². The molecule has 1 heterocycles. The van der Waals surface area contributed by atoms with Gasteiger partial charge in [0, 0.05) is 12.3 Å². The molecular formula is C10H13N3O2. The molecule has 0 aliphatic carbocycles. The fourth-order valence-corrected chi connectivity index (χ4v) is 0.951. The van der Waals surface area contributed by atoms with E-state index in [1.807, 2.05) is 6.92 Å². The van der Waals surface area contributed by atoms with Crippen LogP contribution in [-0.4, -0.2) is 12.1 Å². The minimum Gasteiger partial charge on any atom is -0.619 e. The molecule has 0 unspecified atom stereocenters. The number of unbranched alkanes of at least 4 members (excludes halogenated alkanes) is 1. The molecule has 1 amide bonds. The van der Waals surface area contributed by atoms with Gasteiger partial charge >= 0.3 is 0 Å². The lowest BCUT2D eigenvalue weighted by atomic mass is 10.3. The average Bonchev–Trinajstić information content (AvgIpc) is 2.24. The van der Waals surface area contributed by atoms with E-state index in [0.29, 0.717) is 10.3 Å². The molecule has 1 aromatic rings. The molecule has 5 nitrogen and oxygen atoms in total. The third-order valence-electron chi connectivity index (χ3n) is 1.71. The predicted octanol–water partition coefficient (Wildman–Crippen LogP) is 0.836. The number of nitrogens with one attached hydrogen (secondary N) is 1. The van der Waals surface area contributed by atoms with Crippen molar-refractivity contribution in [1.29, 1.82) is 0 Å². The molecular weight excluding hydrogens is 194 g/mol. The Hall–Kier alpha value is -1.91. The largest absolute Gasteiger partial charge is 0.619 e. The fraction of sp³-hybridized carbons (Fsp3) is 0.300. The monoisotopic (exact) mass is 207 g/mol. The van der Waals surface area contributed by atoms with Crippen LogP contribution in [0.4, 0.5) is 0 Å². The number of aromatic nitrogens is 1. The summed E-state index contributed by atoms with van der Waals surface area (Å²) in [6, 6.07) is 3.07. The standard InChI is InChI=1S/C10H13N3O2/c1-2-3-6-11-12-10(14)9-5-4-7-13(15)8-9/h4-8H,2-3H2,1H3,(H,12,14). The topological polar surface area (TPSA) is 68.4 Å². The van der Waals surface area contributed by atoms with Gasteiger partial charge in [0.1, 0.15) is 5.56 Å². The van der Waals surface area contributed by atoms with Gasteiger partial charge in [0.25, 0.3) is 5.91 Å². The molecule has 0 saturated carbocycles. The van der Waals surface area contributed by atoms with Crippen LogP contribution in [0.3, 0.4) is 0 Å². The van der Waals surface area contributed by atoms with Crippen LogP contribution in [0.5, 0.6) is 0 Å². The van der Waals surface area contributed by atoms with Gasteiger partial charge in [-0.25, -0.2) is 5.43 Å². The van der Waals surface area contributed by atoms with Crippen molar-refractivity contribution >= 4 is 12.1 Å². The number of hydrogen-bond acceptors (Lipinski definition) is 3. The number of rotatable bonds is 4. The summed E-state index contributed by atoms with van der Waals surface area (Å²) < 4.78 is 0.574. The van der Waals surface area contributed by atoms with Gasteiger partial charge in [0.05, 0.1) is 0 Å². The van der Waals surface area contributed by atoms with E-state index in [2.05, 4.69) is 10.5 Å². The van der Waals surface area contributed by atoms with Gasteiger partial charge in [0.2, 0.25) is 0 Å². The highest BCUT2D eigenvalue weighted by Crippen LogP contribution is 1.93. The zero-order valence-electron chi connectivity index (χ0n) is 8.51. The van der Waals surface area contributed by atoms with Gasteiger partial charge in [0.15, 0.2) is 12.4 Å². The first-order valence-electron chi connectivity index (χ1n) is 4.74. The number of pyridine rings is 1. The molecule has 0 spiro atoms. The summed E-state index contributed by atoms with van der Waals surface area (Å²) in [5, 5.41) is 14.6. The SMILES string of the molecule is CCCC=NNC(=O)c1ccc[n+]([O-])c1. The second-order valence-electron chi connectivity index (χ2n) is 2.99. The molecule has 0 atom stereocenters. The summed E-state index contributed by atoms with van der Waals surface area (Å²) in [5.74, 6) is -0.382. The summed E-state index contributed by atoms with van der Waals surface area (Å²) in [5.41, 5.74) is 2.63. The van der Waals surface area contributed by atoms with E-state index >= 15 is 0 Å². The Morgan fingerprint density at radius 3 is 3.20 bits per heavy atom. The van der Waals surface area contributed by atoms with Crippen LogP contribution in [0.25, 0.3) is 0 Å².